The second-order valence-corrected chi connectivity index (χ2v) is 4.54. The van der Waals surface area contributed by atoms with Crippen molar-refractivity contribution in [2.75, 3.05) is 17.7 Å². The summed E-state index contributed by atoms with van der Waals surface area (Å²) in [5, 5.41) is 11.0. The number of nitrogens with zero attached hydrogens (tertiary/aromatic N) is 4. The van der Waals surface area contributed by atoms with Gasteiger partial charge in [0.2, 0.25) is 0 Å². The number of esters is 1. The molecule has 2 aromatic heterocycles. The molecule has 0 saturated heterocycles. The third kappa shape index (κ3) is 3.28. The molecule has 8 nitrogen and oxygen atoms in total. The Kier molecular flexibility index (Phi) is 4.36. The highest BCUT2D eigenvalue weighted by molar-refractivity contribution is 5.95. The number of pyridine rings is 1. The molecule has 1 unspecified atom stereocenters. The number of nitrogen functional groups attached to an aromatic ring is 1. The second kappa shape index (κ2) is 6.21. The predicted octanol–water partition coefficient (Wildman–Crippen LogP) is 1.14. The zero-order chi connectivity index (χ0) is 15.4. The summed E-state index contributed by atoms with van der Waals surface area (Å²) >= 11 is 0. The fraction of sp³-hybridized carbons (Fsp3) is 0.385. The highest BCUT2D eigenvalue weighted by Crippen LogP contribution is 2.20. The fourth-order valence-electron chi connectivity index (χ4n) is 1.90. The maximum absolute atomic E-state index is 11.8. The molecule has 21 heavy (non-hydrogen) atoms. The van der Waals surface area contributed by atoms with Crippen molar-refractivity contribution in [1.82, 2.24) is 19.7 Å². The Hall–Kier alpha value is -2.64. The van der Waals surface area contributed by atoms with E-state index in [1.165, 1.54) is 6.20 Å². The van der Waals surface area contributed by atoms with Crippen molar-refractivity contribution in [3.05, 3.63) is 30.0 Å². The van der Waals surface area contributed by atoms with Gasteiger partial charge in [0.1, 0.15) is 12.1 Å². The summed E-state index contributed by atoms with van der Waals surface area (Å²) in [5.74, 6) is 0.806. The number of carbonyl (C=O) groups is 1. The van der Waals surface area contributed by atoms with Gasteiger partial charge in [-0.2, -0.15) is 0 Å². The van der Waals surface area contributed by atoms with Crippen LogP contribution in [-0.4, -0.2) is 32.3 Å². The van der Waals surface area contributed by atoms with Gasteiger partial charge >= 0.3 is 5.97 Å². The third-order valence-electron chi connectivity index (χ3n) is 2.93. The fourth-order valence-corrected chi connectivity index (χ4v) is 1.90. The standard InChI is InChI=1S/C13H18N6O2/c1-4-21-13(20)9-5-11(15-6-10(9)14)17-8(2)12-18-16-7-19(12)3/h5-8H,4,14H2,1-3H3,(H,15,17). The van der Waals surface area contributed by atoms with Gasteiger partial charge in [-0.05, 0) is 19.9 Å². The molecular formula is C13H18N6O2. The zero-order valence-electron chi connectivity index (χ0n) is 12.2. The van der Waals surface area contributed by atoms with E-state index in [1.807, 2.05) is 14.0 Å². The SMILES string of the molecule is CCOC(=O)c1cc(NC(C)c2nncn2C)ncc1N. The first kappa shape index (κ1) is 14.8. The van der Waals surface area contributed by atoms with E-state index < -0.39 is 5.97 Å². The first-order valence-electron chi connectivity index (χ1n) is 6.56. The molecule has 1 atom stereocenters. The molecule has 8 heteroatoms. The van der Waals surface area contributed by atoms with E-state index >= 15 is 0 Å². The number of carbonyl (C=O) groups excluding carboxylic acids is 1. The maximum atomic E-state index is 11.8. The van der Waals surface area contributed by atoms with Crippen molar-refractivity contribution in [2.45, 2.75) is 19.9 Å². The largest absolute Gasteiger partial charge is 0.462 e. The van der Waals surface area contributed by atoms with Gasteiger partial charge in [-0.1, -0.05) is 0 Å². The summed E-state index contributed by atoms with van der Waals surface area (Å²) in [6.07, 6.45) is 3.05. The minimum Gasteiger partial charge on any atom is -0.462 e. The number of nitrogens with one attached hydrogen (secondary N) is 1. The van der Waals surface area contributed by atoms with Gasteiger partial charge in [-0.15, -0.1) is 10.2 Å². The second-order valence-electron chi connectivity index (χ2n) is 4.54. The molecule has 2 aromatic rings. The quantitative estimate of drug-likeness (QED) is 0.795. The van der Waals surface area contributed by atoms with Gasteiger partial charge in [0, 0.05) is 7.05 Å². The van der Waals surface area contributed by atoms with Crippen LogP contribution in [0, 0.1) is 0 Å². The molecule has 2 rings (SSSR count). The topological polar surface area (TPSA) is 108 Å². The third-order valence-corrected chi connectivity index (χ3v) is 2.93. The molecule has 0 saturated carbocycles. The van der Waals surface area contributed by atoms with Crippen LogP contribution in [0.25, 0.3) is 0 Å². The lowest BCUT2D eigenvalue weighted by Gasteiger charge is -2.14. The van der Waals surface area contributed by atoms with Crippen molar-refractivity contribution in [3.8, 4) is 0 Å². The Bertz CT molecular complexity index is 639. The van der Waals surface area contributed by atoms with Crippen molar-refractivity contribution in [3.63, 3.8) is 0 Å². The van der Waals surface area contributed by atoms with Crippen LogP contribution in [-0.2, 0) is 11.8 Å². The summed E-state index contributed by atoms with van der Waals surface area (Å²) in [7, 11) is 1.86. The van der Waals surface area contributed by atoms with Gasteiger partial charge in [-0.3, -0.25) is 0 Å². The number of ether oxygens (including phenoxy) is 1. The van der Waals surface area contributed by atoms with Crippen LogP contribution in [0.15, 0.2) is 18.6 Å². The summed E-state index contributed by atoms with van der Waals surface area (Å²) < 4.78 is 6.77. The van der Waals surface area contributed by atoms with Crippen LogP contribution in [0.4, 0.5) is 11.5 Å². The molecule has 0 amide bonds. The number of anilines is 2. The van der Waals surface area contributed by atoms with Crippen molar-refractivity contribution in [2.24, 2.45) is 7.05 Å². The number of nitrogens with two attached hydrogens (primary N) is 1. The molecule has 0 aliphatic carbocycles. The summed E-state index contributed by atoms with van der Waals surface area (Å²) in [5.41, 5.74) is 6.33. The normalized spacial score (nSPS) is 12.0. The average Bonchev–Trinajstić information content (AvgIpc) is 2.87. The van der Waals surface area contributed by atoms with E-state index in [2.05, 4.69) is 20.5 Å². The zero-order valence-corrected chi connectivity index (χ0v) is 12.2. The smallest absolute Gasteiger partial charge is 0.340 e. The van der Waals surface area contributed by atoms with Crippen LogP contribution in [0.1, 0.15) is 36.1 Å². The molecule has 112 valence electrons. The van der Waals surface area contributed by atoms with Crippen LogP contribution < -0.4 is 11.1 Å². The monoisotopic (exact) mass is 290 g/mol. The summed E-state index contributed by atoms with van der Waals surface area (Å²) in [4.78, 5) is 16.0. The van der Waals surface area contributed by atoms with Crippen molar-refractivity contribution in [1.29, 1.82) is 0 Å². The molecule has 3 N–H and O–H groups in total. The van der Waals surface area contributed by atoms with Gasteiger partial charge in [-0.25, -0.2) is 9.78 Å². The van der Waals surface area contributed by atoms with Gasteiger partial charge < -0.3 is 20.4 Å². The Morgan fingerprint density at radius 2 is 2.33 bits per heavy atom. The molecule has 2 heterocycles. The Morgan fingerprint density at radius 1 is 1.57 bits per heavy atom. The summed E-state index contributed by atoms with van der Waals surface area (Å²) in [6, 6.07) is 1.45. The number of rotatable bonds is 5. The number of aryl methyl sites for hydroxylation is 1. The van der Waals surface area contributed by atoms with Gasteiger partial charge in [0.05, 0.1) is 30.1 Å². The number of aromatic nitrogens is 4. The lowest BCUT2D eigenvalue weighted by molar-refractivity contribution is 0.0527. The van der Waals surface area contributed by atoms with Crippen LogP contribution in [0.2, 0.25) is 0 Å². The molecule has 0 aliphatic rings. The van der Waals surface area contributed by atoms with Crippen molar-refractivity contribution < 1.29 is 9.53 Å². The van der Waals surface area contributed by atoms with Crippen LogP contribution in [0.3, 0.4) is 0 Å². The molecule has 0 radical (unpaired) electrons. The first-order chi connectivity index (χ1) is 10.0. The predicted molar refractivity (Wildman–Crippen MR) is 77.6 cm³/mol. The van der Waals surface area contributed by atoms with E-state index in [-0.39, 0.29) is 11.7 Å². The number of hydrogen-bond acceptors (Lipinski definition) is 7. The molecule has 0 aromatic carbocycles. The summed E-state index contributed by atoms with van der Waals surface area (Å²) in [6.45, 7) is 3.95. The Balaban J connectivity index is 2.19. The van der Waals surface area contributed by atoms with E-state index in [0.717, 1.165) is 5.82 Å². The van der Waals surface area contributed by atoms with E-state index in [1.54, 1.807) is 23.9 Å². The van der Waals surface area contributed by atoms with E-state index in [0.29, 0.717) is 18.0 Å². The minimum atomic E-state index is -0.466. The Morgan fingerprint density at radius 3 is 2.95 bits per heavy atom. The maximum Gasteiger partial charge on any atom is 0.340 e. The highest BCUT2D eigenvalue weighted by atomic mass is 16.5. The minimum absolute atomic E-state index is 0.122. The van der Waals surface area contributed by atoms with Crippen LogP contribution in [0.5, 0.6) is 0 Å². The molecule has 0 fully saturated rings. The Labute approximate surface area is 122 Å². The van der Waals surface area contributed by atoms with E-state index in [9.17, 15) is 4.79 Å². The lowest BCUT2D eigenvalue weighted by Crippen LogP contribution is -2.14. The van der Waals surface area contributed by atoms with E-state index in [4.69, 9.17) is 10.5 Å². The van der Waals surface area contributed by atoms with Gasteiger partial charge in [0.15, 0.2) is 5.82 Å². The number of hydrogen-bond donors (Lipinski definition) is 2. The molecule has 0 bridgehead atoms. The van der Waals surface area contributed by atoms with Crippen molar-refractivity contribution >= 4 is 17.5 Å². The average molecular weight is 290 g/mol. The lowest BCUT2D eigenvalue weighted by atomic mass is 10.2. The van der Waals surface area contributed by atoms with Crippen LogP contribution >= 0.6 is 0 Å². The molecule has 0 aliphatic heterocycles. The highest BCUT2D eigenvalue weighted by Gasteiger charge is 2.15. The molecule has 0 spiro atoms. The first-order valence-corrected chi connectivity index (χ1v) is 6.56. The van der Waals surface area contributed by atoms with Gasteiger partial charge in [0.25, 0.3) is 0 Å². The molecular weight excluding hydrogens is 272 g/mol.